The van der Waals surface area contributed by atoms with Gasteiger partial charge in [-0.05, 0) is 55.2 Å². The minimum atomic E-state index is 0.238. The summed E-state index contributed by atoms with van der Waals surface area (Å²) in [7, 11) is 0. The number of benzene rings is 3. The van der Waals surface area contributed by atoms with E-state index in [2.05, 4.69) is 10.3 Å². The zero-order chi connectivity index (χ0) is 24.3. The highest BCUT2D eigenvalue weighted by Crippen LogP contribution is 2.31. The Bertz CT molecular complexity index is 1230. The fraction of sp³-hybridized carbons (Fsp3) is 0.143. The first-order valence-electron chi connectivity index (χ1n) is 11.1. The van der Waals surface area contributed by atoms with Crippen LogP contribution in [0, 0.1) is 10.8 Å². The Kier molecular flexibility index (Phi) is 8.63. The topological polar surface area (TPSA) is 105 Å². The largest absolute Gasteiger partial charge is 0.508 e. The number of nitrogens with zero attached hydrogens (tertiary/aromatic N) is 2. The van der Waals surface area contributed by atoms with Crippen molar-refractivity contribution in [2.75, 3.05) is 6.54 Å². The van der Waals surface area contributed by atoms with Gasteiger partial charge in [-0.2, -0.15) is 0 Å². The van der Waals surface area contributed by atoms with Crippen LogP contribution in [0.4, 0.5) is 5.69 Å². The molecule has 0 heterocycles. The average Bonchev–Trinajstić information content (AvgIpc) is 2.86. The van der Waals surface area contributed by atoms with Gasteiger partial charge in [-0.15, -0.1) is 0 Å². The SMILES string of the molecule is C\C=N/C=C(C=N)/C(C)=N/c1cccc(-c2ccccc2)c1C(=N)NCCc1ccc(O)cc1. The van der Waals surface area contributed by atoms with Gasteiger partial charge in [-0.1, -0.05) is 54.6 Å². The van der Waals surface area contributed by atoms with Crippen molar-refractivity contribution in [3.8, 4) is 16.9 Å². The lowest BCUT2D eigenvalue weighted by Gasteiger charge is -2.16. The predicted molar refractivity (Wildman–Crippen MR) is 142 cm³/mol. The Hall–Kier alpha value is -4.32. The molecular weight excluding hydrogens is 422 g/mol. The Morgan fingerprint density at radius 1 is 1.00 bits per heavy atom. The maximum atomic E-state index is 9.48. The highest BCUT2D eigenvalue weighted by atomic mass is 16.3. The molecule has 4 N–H and O–H groups in total. The van der Waals surface area contributed by atoms with Crippen LogP contribution in [-0.2, 0) is 6.42 Å². The molecule has 0 aromatic heterocycles. The van der Waals surface area contributed by atoms with E-state index in [1.807, 2.05) is 74.5 Å². The molecule has 3 rings (SSSR count). The standard InChI is InChI=1S/C28H29N5O/c1-3-31-19-23(18-29)20(2)33-26-11-7-10-25(22-8-5-4-6-9-22)27(26)28(30)32-17-16-21-12-14-24(34)15-13-21/h3-15,18-19,29,34H,16-17H2,1-2H3,(H2,30,32)/b23-19+,29-18?,31-3-,33-20+. The van der Waals surface area contributed by atoms with E-state index in [-0.39, 0.29) is 11.6 Å². The van der Waals surface area contributed by atoms with Gasteiger partial charge < -0.3 is 15.8 Å². The summed E-state index contributed by atoms with van der Waals surface area (Å²) in [5.41, 5.74) is 5.56. The monoisotopic (exact) mass is 451 g/mol. The Morgan fingerprint density at radius 3 is 2.41 bits per heavy atom. The molecule has 0 spiro atoms. The number of allylic oxidation sites excluding steroid dienone is 1. The summed E-state index contributed by atoms with van der Waals surface area (Å²) in [5, 5.41) is 29.3. The molecule has 0 saturated carbocycles. The number of aliphatic imine (C=N–C) groups is 2. The van der Waals surface area contributed by atoms with Crippen LogP contribution in [0.1, 0.15) is 25.0 Å². The van der Waals surface area contributed by atoms with E-state index < -0.39 is 0 Å². The molecule has 34 heavy (non-hydrogen) atoms. The van der Waals surface area contributed by atoms with Gasteiger partial charge in [0.15, 0.2) is 0 Å². The summed E-state index contributed by atoms with van der Waals surface area (Å²) in [6.45, 7) is 4.21. The smallest absolute Gasteiger partial charge is 0.128 e. The third-order valence-electron chi connectivity index (χ3n) is 5.25. The summed E-state index contributed by atoms with van der Waals surface area (Å²) in [6.07, 6.45) is 5.21. The molecule has 0 aliphatic carbocycles. The summed E-state index contributed by atoms with van der Waals surface area (Å²) >= 11 is 0. The van der Waals surface area contributed by atoms with Gasteiger partial charge in [-0.3, -0.25) is 15.4 Å². The zero-order valence-corrected chi connectivity index (χ0v) is 19.4. The average molecular weight is 452 g/mol. The van der Waals surface area contributed by atoms with E-state index in [1.165, 1.54) is 6.21 Å². The first-order valence-corrected chi connectivity index (χ1v) is 11.1. The van der Waals surface area contributed by atoms with Crippen LogP contribution in [-0.4, -0.2) is 35.6 Å². The predicted octanol–water partition coefficient (Wildman–Crippen LogP) is 5.93. The molecule has 0 fully saturated rings. The second-order valence-corrected chi connectivity index (χ2v) is 7.62. The van der Waals surface area contributed by atoms with Crippen LogP contribution in [0.3, 0.4) is 0 Å². The number of hydrogen-bond acceptors (Lipinski definition) is 5. The Balaban J connectivity index is 1.96. The lowest BCUT2D eigenvalue weighted by Crippen LogP contribution is -2.26. The third kappa shape index (κ3) is 6.36. The fourth-order valence-electron chi connectivity index (χ4n) is 3.47. The minimum Gasteiger partial charge on any atom is -0.508 e. The van der Waals surface area contributed by atoms with E-state index >= 15 is 0 Å². The van der Waals surface area contributed by atoms with Gasteiger partial charge in [0.2, 0.25) is 0 Å². The second-order valence-electron chi connectivity index (χ2n) is 7.62. The number of aromatic hydroxyl groups is 1. The van der Waals surface area contributed by atoms with E-state index in [0.717, 1.165) is 16.7 Å². The Morgan fingerprint density at radius 2 is 1.74 bits per heavy atom. The quantitative estimate of drug-likeness (QED) is 0.239. The number of phenolic OH excluding ortho intramolecular Hbond substituents is 1. The van der Waals surface area contributed by atoms with Crippen molar-refractivity contribution < 1.29 is 5.11 Å². The second kappa shape index (κ2) is 12.1. The minimum absolute atomic E-state index is 0.238. The van der Waals surface area contributed by atoms with Gasteiger partial charge in [0.1, 0.15) is 11.6 Å². The summed E-state index contributed by atoms with van der Waals surface area (Å²) in [4.78, 5) is 8.89. The van der Waals surface area contributed by atoms with Crippen molar-refractivity contribution in [1.82, 2.24) is 5.32 Å². The summed E-state index contributed by atoms with van der Waals surface area (Å²) < 4.78 is 0. The van der Waals surface area contributed by atoms with Gasteiger partial charge in [-0.25, -0.2) is 0 Å². The molecule has 0 atom stereocenters. The van der Waals surface area contributed by atoms with Crippen molar-refractivity contribution in [2.24, 2.45) is 9.98 Å². The van der Waals surface area contributed by atoms with Crippen molar-refractivity contribution in [3.05, 3.63) is 95.7 Å². The van der Waals surface area contributed by atoms with Crippen molar-refractivity contribution in [3.63, 3.8) is 0 Å². The first kappa shape index (κ1) is 24.3. The van der Waals surface area contributed by atoms with Crippen LogP contribution in [0.25, 0.3) is 11.1 Å². The molecule has 0 unspecified atom stereocenters. The molecule has 172 valence electrons. The van der Waals surface area contributed by atoms with E-state index in [9.17, 15) is 5.11 Å². The molecule has 0 saturated heterocycles. The van der Waals surface area contributed by atoms with Gasteiger partial charge in [0, 0.05) is 42.0 Å². The maximum Gasteiger partial charge on any atom is 0.128 e. The van der Waals surface area contributed by atoms with Crippen LogP contribution in [0.5, 0.6) is 5.75 Å². The van der Waals surface area contributed by atoms with Crippen molar-refractivity contribution in [2.45, 2.75) is 20.3 Å². The molecule has 6 nitrogen and oxygen atoms in total. The number of hydrogen-bond donors (Lipinski definition) is 4. The highest BCUT2D eigenvalue weighted by molar-refractivity contribution is 6.16. The van der Waals surface area contributed by atoms with E-state index in [4.69, 9.17) is 15.8 Å². The zero-order valence-electron chi connectivity index (χ0n) is 19.4. The first-order chi connectivity index (χ1) is 16.5. The number of amidine groups is 1. The van der Waals surface area contributed by atoms with Crippen molar-refractivity contribution in [1.29, 1.82) is 10.8 Å². The fourth-order valence-corrected chi connectivity index (χ4v) is 3.47. The molecule has 0 aliphatic heterocycles. The van der Waals surface area contributed by atoms with Crippen molar-refractivity contribution >= 4 is 29.7 Å². The lowest BCUT2D eigenvalue weighted by molar-refractivity contribution is 0.475. The molecular formula is C28H29N5O. The summed E-state index contributed by atoms with van der Waals surface area (Å²) in [5.74, 6) is 0.513. The van der Waals surface area contributed by atoms with Gasteiger partial charge in [0.25, 0.3) is 0 Å². The van der Waals surface area contributed by atoms with E-state index in [1.54, 1.807) is 24.5 Å². The molecule has 3 aromatic carbocycles. The molecule has 0 amide bonds. The van der Waals surface area contributed by atoms with Crippen LogP contribution < -0.4 is 5.32 Å². The molecule has 0 aliphatic rings. The molecule has 0 radical (unpaired) electrons. The van der Waals surface area contributed by atoms with Crippen LogP contribution >= 0.6 is 0 Å². The maximum absolute atomic E-state index is 9.48. The molecule has 0 bridgehead atoms. The van der Waals surface area contributed by atoms with E-state index in [0.29, 0.717) is 35.5 Å². The van der Waals surface area contributed by atoms with Crippen LogP contribution in [0.15, 0.2) is 94.6 Å². The Labute approximate surface area is 200 Å². The molecule has 6 heteroatoms. The van der Waals surface area contributed by atoms with Gasteiger partial charge in [0.05, 0.1) is 5.69 Å². The number of phenols is 1. The summed E-state index contributed by atoms with van der Waals surface area (Å²) in [6, 6.07) is 22.8. The number of rotatable bonds is 9. The normalized spacial score (nSPS) is 12.1. The highest BCUT2D eigenvalue weighted by Gasteiger charge is 2.15. The molecule has 3 aromatic rings. The van der Waals surface area contributed by atoms with Gasteiger partial charge >= 0.3 is 0 Å². The lowest BCUT2D eigenvalue weighted by atomic mass is 9.97. The van der Waals surface area contributed by atoms with Crippen LogP contribution in [0.2, 0.25) is 0 Å². The third-order valence-corrected chi connectivity index (χ3v) is 5.25. The number of nitrogens with one attached hydrogen (secondary N) is 3.